The SMILES string of the molecule is C#Cc1c(C(=O)O)cccc1C(=O)O.Cl.Cl. The molecule has 2 N–H and O–H groups in total. The van der Waals surface area contributed by atoms with Crippen LogP contribution in [0.5, 0.6) is 0 Å². The fourth-order valence-electron chi connectivity index (χ4n) is 1.06. The number of carboxylic acid groups (broad SMARTS) is 2. The summed E-state index contributed by atoms with van der Waals surface area (Å²) in [4.78, 5) is 21.3. The molecule has 0 amide bonds. The van der Waals surface area contributed by atoms with Gasteiger partial charge in [-0.2, -0.15) is 0 Å². The molecule has 0 saturated heterocycles. The first kappa shape index (κ1) is 16.7. The molecule has 0 aromatic heterocycles. The second kappa shape index (κ2) is 6.72. The van der Waals surface area contributed by atoms with Crippen molar-refractivity contribution in [2.45, 2.75) is 0 Å². The molecule has 0 aliphatic rings. The van der Waals surface area contributed by atoms with E-state index in [1.807, 2.05) is 0 Å². The standard InChI is InChI=1S/C10H6O4.2ClH/c1-2-6-7(9(11)12)4-3-5-8(6)10(13)14;;/h1,3-5H,(H,11,12)(H,13,14);2*1H. The molecule has 86 valence electrons. The summed E-state index contributed by atoms with van der Waals surface area (Å²) in [7, 11) is 0. The largest absolute Gasteiger partial charge is 0.478 e. The summed E-state index contributed by atoms with van der Waals surface area (Å²) < 4.78 is 0. The molecule has 16 heavy (non-hydrogen) atoms. The van der Waals surface area contributed by atoms with Crippen LogP contribution in [-0.2, 0) is 0 Å². The number of hydrogen-bond donors (Lipinski definition) is 2. The lowest BCUT2D eigenvalue weighted by molar-refractivity contribution is 0.0696. The third-order valence-corrected chi connectivity index (χ3v) is 1.67. The maximum absolute atomic E-state index is 10.7. The van der Waals surface area contributed by atoms with Gasteiger partial charge in [0.1, 0.15) is 0 Å². The smallest absolute Gasteiger partial charge is 0.336 e. The van der Waals surface area contributed by atoms with Gasteiger partial charge in [0.15, 0.2) is 0 Å². The normalized spacial score (nSPS) is 7.94. The van der Waals surface area contributed by atoms with E-state index in [-0.39, 0.29) is 41.5 Å². The Morgan fingerprint density at radius 1 is 1.06 bits per heavy atom. The number of rotatable bonds is 2. The predicted octanol–water partition coefficient (Wildman–Crippen LogP) is 1.91. The average molecular weight is 263 g/mol. The van der Waals surface area contributed by atoms with Gasteiger partial charge in [-0.05, 0) is 12.1 Å². The third kappa shape index (κ3) is 3.16. The molecule has 0 aliphatic carbocycles. The summed E-state index contributed by atoms with van der Waals surface area (Å²) in [5.74, 6) is -0.405. The number of halogens is 2. The van der Waals surface area contributed by atoms with E-state index in [0.29, 0.717) is 0 Å². The van der Waals surface area contributed by atoms with E-state index in [1.54, 1.807) is 0 Å². The van der Waals surface area contributed by atoms with E-state index >= 15 is 0 Å². The fourth-order valence-corrected chi connectivity index (χ4v) is 1.06. The minimum Gasteiger partial charge on any atom is -0.478 e. The molecule has 1 aromatic rings. The molecule has 0 aliphatic heterocycles. The molecule has 4 nitrogen and oxygen atoms in total. The number of carboxylic acids is 2. The summed E-state index contributed by atoms with van der Waals surface area (Å²) in [6, 6.07) is 3.88. The van der Waals surface area contributed by atoms with Crippen LogP contribution in [0.3, 0.4) is 0 Å². The first-order valence-electron chi connectivity index (χ1n) is 3.64. The van der Waals surface area contributed by atoms with Crippen LogP contribution >= 0.6 is 24.8 Å². The lowest BCUT2D eigenvalue weighted by Crippen LogP contribution is -2.07. The van der Waals surface area contributed by atoms with Crippen LogP contribution in [0.25, 0.3) is 0 Å². The highest BCUT2D eigenvalue weighted by molar-refractivity contribution is 5.98. The van der Waals surface area contributed by atoms with Crippen molar-refractivity contribution in [3.05, 3.63) is 34.9 Å². The van der Waals surface area contributed by atoms with Gasteiger partial charge in [-0.15, -0.1) is 31.2 Å². The molecule has 0 fully saturated rings. The second-order valence-electron chi connectivity index (χ2n) is 2.48. The van der Waals surface area contributed by atoms with Crippen LogP contribution in [0, 0.1) is 12.3 Å². The minimum absolute atomic E-state index is 0. The maximum atomic E-state index is 10.7. The molecule has 0 unspecified atom stereocenters. The van der Waals surface area contributed by atoms with Crippen LogP contribution in [0.1, 0.15) is 26.3 Å². The Morgan fingerprint density at radius 3 is 1.69 bits per heavy atom. The quantitative estimate of drug-likeness (QED) is 0.799. The van der Waals surface area contributed by atoms with Crippen molar-refractivity contribution in [3.63, 3.8) is 0 Å². The lowest BCUT2D eigenvalue weighted by Gasteiger charge is -2.02. The van der Waals surface area contributed by atoms with E-state index in [0.717, 1.165) is 0 Å². The Labute approximate surface area is 104 Å². The topological polar surface area (TPSA) is 74.6 Å². The number of carbonyl (C=O) groups is 2. The predicted molar refractivity (Wildman–Crippen MR) is 62.8 cm³/mol. The number of terminal acetylenes is 1. The van der Waals surface area contributed by atoms with Gasteiger partial charge in [0.25, 0.3) is 0 Å². The van der Waals surface area contributed by atoms with Gasteiger partial charge < -0.3 is 10.2 Å². The van der Waals surface area contributed by atoms with Crippen LogP contribution in [0.15, 0.2) is 18.2 Å². The van der Waals surface area contributed by atoms with Gasteiger partial charge in [0.05, 0.1) is 16.7 Å². The molecule has 0 heterocycles. The highest BCUT2D eigenvalue weighted by Gasteiger charge is 2.15. The Kier molecular flexibility index (Phi) is 7.03. The Hall–Kier alpha value is -1.70. The van der Waals surface area contributed by atoms with E-state index in [2.05, 4.69) is 5.92 Å². The summed E-state index contributed by atoms with van der Waals surface area (Å²) in [5.41, 5.74) is -0.452. The van der Waals surface area contributed by atoms with Crippen LogP contribution in [0.2, 0.25) is 0 Å². The van der Waals surface area contributed by atoms with E-state index < -0.39 is 11.9 Å². The minimum atomic E-state index is -1.24. The monoisotopic (exact) mass is 262 g/mol. The van der Waals surface area contributed by atoms with E-state index in [4.69, 9.17) is 16.6 Å². The highest BCUT2D eigenvalue weighted by Crippen LogP contribution is 2.13. The molecular weight excluding hydrogens is 255 g/mol. The van der Waals surface area contributed by atoms with Gasteiger partial charge in [-0.3, -0.25) is 0 Å². The first-order chi connectivity index (χ1) is 6.57. The summed E-state index contributed by atoms with van der Waals surface area (Å²) >= 11 is 0. The van der Waals surface area contributed by atoms with Gasteiger partial charge in [0.2, 0.25) is 0 Å². The third-order valence-electron chi connectivity index (χ3n) is 1.67. The molecule has 0 spiro atoms. The summed E-state index contributed by atoms with van der Waals surface area (Å²) in [6.45, 7) is 0. The van der Waals surface area contributed by atoms with Crippen molar-refractivity contribution in [1.82, 2.24) is 0 Å². The molecule has 0 bridgehead atoms. The van der Waals surface area contributed by atoms with Gasteiger partial charge in [-0.1, -0.05) is 12.0 Å². The van der Waals surface area contributed by atoms with Crippen molar-refractivity contribution in [1.29, 1.82) is 0 Å². The molecular formula is C10H8Cl2O4. The maximum Gasteiger partial charge on any atom is 0.336 e. The average Bonchev–Trinajstić information content (AvgIpc) is 2.16. The fraction of sp³-hybridized carbons (Fsp3) is 0. The Balaban J connectivity index is 0. The van der Waals surface area contributed by atoms with Crippen LogP contribution in [0.4, 0.5) is 0 Å². The lowest BCUT2D eigenvalue weighted by atomic mass is 10.0. The highest BCUT2D eigenvalue weighted by atomic mass is 35.5. The summed E-state index contributed by atoms with van der Waals surface area (Å²) in [5, 5.41) is 17.4. The van der Waals surface area contributed by atoms with E-state index in [1.165, 1.54) is 18.2 Å². The molecule has 0 radical (unpaired) electrons. The first-order valence-corrected chi connectivity index (χ1v) is 3.64. The molecule has 1 rings (SSSR count). The molecule has 1 aromatic carbocycles. The number of benzene rings is 1. The number of aromatic carboxylic acids is 2. The number of hydrogen-bond acceptors (Lipinski definition) is 2. The zero-order valence-corrected chi connectivity index (χ0v) is 9.47. The van der Waals surface area contributed by atoms with Gasteiger partial charge >= 0.3 is 11.9 Å². The Bertz CT molecular complexity index is 416. The summed E-state index contributed by atoms with van der Waals surface area (Å²) in [6.07, 6.45) is 5.05. The zero-order chi connectivity index (χ0) is 10.7. The molecule has 6 heteroatoms. The molecule has 0 saturated carbocycles. The van der Waals surface area contributed by atoms with Crippen molar-refractivity contribution >= 4 is 36.8 Å². The zero-order valence-electron chi connectivity index (χ0n) is 7.84. The van der Waals surface area contributed by atoms with Gasteiger partial charge in [0, 0.05) is 0 Å². The van der Waals surface area contributed by atoms with Crippen LogP contribution < -0.4 is 0 Å². The van der Waals surface area contributed by atoms with E-state index in [9.17, 15) is 9.59 Å². The van der Waals surface area contributed by atoms with Crippen LogP contribution in [-0.4, -0.2) is 22.2 Å². The van der Waals surface area contributed by atoms with Crippen molar-refractivity contribution in [2.24, 2.45) is 0 Å². The van der Waals surface area contributed by atoms with Crippen molar-refractivity contribution in [3.8, 4) is 12.3 Å². The Morgan fingerprint density at radius 2 is 1.44 bits per heavy atom. The molecule has 0 atom stereocenters. The van der Waals surface area contributed by atoms with Crippen molar-refractivity contribution < 1.29 is 19.8 Å². The van der Waals surface area contributed by atoms with Crippen molar-refractivity contribution in [2.75, 3.05) is 0 Å². The second-order valence-corrected chi connectivity index (χ2v) is 2.48. The van der Waals surface area contributed by atoms with Gasteiger partial charge in [-0.25, -0.2) is 9.59 Å².